The molecule has 3 heterocycles. The molecule has 0 spiro atoms. The van der Waals surface area contributed by atoms with Crippen LogP contribution in [0.4, 0.5) is 18.0 Å². The van der Waals surface area contributed by atoms with Gasteiger partial charge in [0.2, 0.25) is 33.3 Å². The smallest absolute Gasteiger partial charge is 0.427 e. The van der Waals surface area contributed by atoms with E-state index in [1.54, 1.807) is 31.2 Å². The first kappa shape index (κ1) is 45.8. The maximum atomic E-state index is 15.0. The largest absolute Gasteiger partial charge is 0.497 e. The van der Waals surface area contributed by atoms with Crippen LogP contribution in [0, 0.1) is 17.8 Å². The number of alkyl halides is 3. The Morgan fingerprint density at radius 2 is 1.80 bits per heavy atom. The van der Waals surface area contributed by atoms with Crippen molar-refractivity contribution in [1.29, 1.82) is 0 Å². The molecule has 2 aliphatic carbocycles. The average Bonchev–Trinajstić information content (AvgIpc) is 4.06. The summed E-state index contributed by atoms with van der Waals surface area (Å²) in [5.41, 5.74) is -3.01. The Morgan fingerprint density at radius 3 is 2.43 bits per heavy atom. The number of hydrogen-bond acceptors (Lipinski definition) is 11. The van der Waals surface area contributed by atoms with Crippen LogP contribution in [-0.2, 0) is 29.1 Å². The van der Waals surface area contributed by atoms with Gasteiger partial charge in [0.1, 0.15) is 35.2 Å². The van der Waals surface area contributed by atoms with Crippen LogP contribution in [0.2, 0.25) is 0 Å². The number of nitrogens with zero attached hydrogens (tertiary/aromatic N) is 3. The molecule has 4 aliphatic rings. The molecule has 0 radical (unpaired) electrons. The van der Waals surface area contributed by atoms with Crippen LogP contribution < -0.4 is 24.8 Å². The molecular weight excluding hydrogens is 822 g/mol. The predicted molar refractivity (Wildman–Crippen MR) is 218 cm³/mol. The number of carbonyl (C=O) groups excluding carboxylic acids is 4. The zero-order valence-electron chi connectivity index (χ0n) is 35.9. The number of rotatable bonds is 10. The van der Waals surface area contributed by atoms with Gasteiger partial charge in [-0.3, -0.25) is 19.1 Å². The number of ether oxygens (including phenoxy) is 3. The first-order valence-electron chi connectivity index (χ1n) is 20.9. The highest BCUT2D eigenvalue weighted by atomic mass is 32.2. The minimum Gasteiger partial charge on any atom is -0.497 e. The highest BCUT2D eigenvalue weighted by Gasteiger charge is 2.63. The highest BCUT2D eigenvalue weighted by Crippen LogP contribution is 2.48. The normalized spacial score (nSPS) is 28.7. The van der Waals surface area contributed by atoms with E-state index in [0.717, 1.165) is 0 Å². The van der Waals surface area contributed by atoms with E-state index >= 15 is 0 Å². The molecule has 1 aromatic carbocycles. The summed E-state index contributed by atoms with van der Waals surface area (Å²) in [6, 6.07) is 2.41. The van der Waals surface area contributed by atoms with Crippen molar-refractivity contribution in [2.75, 3.05) is 13.7 Å². The van der Waals surface area contributed by atoms with Crippen LogP contribution in [0.1, 0.15) is 111 Å². The summed E-state index contributed by atoms with van der Waals surface area (Å²) in [5, 5.41) is 5.26. The van der Waals surface area contributed by atoms with Crippen molar-refractivity contribution < 1.29 is 55.0 Å². The quantitative estimate of drug-likeness (QED) is 0.244. The number of benzene rings is 1. The lowest BCUT2D eigenvalue weighted by atomic mass is 9.85. The number of methoxy groups -OCH3 is 1. The van der Waals surface area contributed by atoms with Gasteiger partial charge in [-0.25, -0.2) is 23.2 Å². The van der Waals surface area contributed by atoms with Gasteiger partial charge in [-0.1, -0.05) is 46.3 Å². The molecule has 2 aromatic rings. The summed E-state index contributed by atoms with van der Waals surface area (Å²) in [6.07, 6.45) is -1.04. The third kappa shape index (κ3) is 9.55. The van der Waals surface area contributed by atoms with E-state index in [9.17, 15) is 40.8 Å². The van der Waals surface area contributed by atoms with Crippen molar-refractivity contribution in [2.45, 2.75) is 146 Å². The number of nitrogens with one attached hydrogen (secondary N) is 3. The zero-order chi connectivity index (χ0) is 44.9. The van der Waals surface area contributed by atoms with E-state index in [-0.39, 0.29) is 37.1 Å². The van der Waals surface area contributed by atoms with Gasteiger partial charge in [0, 0.05) is 24.3 Å². The van der Waals surface area contributed by atoms with Crippen molar-refractivity contribution in [3.05, 3.63) is 36.0 Å². The van der Waals surface area contributed by atoms with E-state index in [1.165, 1.54) is 18.9 Å². The number of allylic oxidation sites excluding steroid dienone is 1. The first-order chi connectivity index (χ1) is 28.4. The van der Waals surface area contributed by atoms with Crippen molar-refractivity contribution in [3.63, 3.8) is 0 Å². The maximum absolute atomic E-state index is 15.0. The lowest BCUT2D eigenvalue weighted by Crippen LogP contribution is -2.60. The fraction of sp³-hybridized carbons (Fsp3) is 0.667. The van der Waals surface area contributed by atoms with Crippen LogP contribution in [0.5, 0.6) is 11.6 Å². The van der Waals surface area contributed by atoms with E-state index in [1.807, 2.05) is 26.8 Å². The van der Waals surface area contributed by atoms with E-state index < -0.39 is 85.9 Å². The number of carbonyl (C=O) groups is 4. The van der Waals surface area contributed by atoms with Crippen molar-refractivity contribution in [2.24, 2.45) is 17.8 Å². The van der Waals surface area contributed by atoms with Gasteiger partial charge in [-0.05, 0) is 83.3 Å². The third-order valence-electron chi connectivity index (χ3n) is 12.6. The van der Waals surface area contributed by atoms with Crippen LogP contribution in [0.3, 0.4) is 0 Å². The first-order valence-corrected chi connectivity index (χ1v) is 22.4. The number of alkyl carbamates (subject to hydrolysis) is 1. The number of halogens is 3. The SMILES string of the molecule is CC[C@@H]1C[C@H](C)CC/C=C\[C@@H]2C[C@@]2(C(=O)NS(=O)(=O)C2(C)CC2)NC(=O)[C@@H]2C[C@@H](Oc3nc4cc(OC)ccc4nc3C(C)C)CN2C(=O)[C@H]1NC(=O)OC(C)(C)C(F)(F)F. The maximum Gasteiger partial charge on any atom is 0.427 e. The minimum absolute atomic E-state index is 0.0408. The molecule has 6 rings (SSSR count). The van der Waals surface area contributed by atoms with Crippen LogP contribution in [0.15, 0.2) is 30.4 Å². The van der Waals surface area contributed by atoms with Gasteiger partial charge in [0.05, 0.1) is 29.4 Å². The topological polar surface area (TPSA) is 195 Å². The molecule has 2 saturated carbocycles. The Morgan fingerprint density at radius 1 is 1.10 bits per heavy atom. The van der Waals surface area contributed by atoms with Gasteiger partial charge in [-0.15, -0.1) is 0 Å². The molecule has 3 N–H and O–H groups in total. The summed E-state index contributed by atoms with van der Waals surface area (Å²) < 4.78 is 85.9. The molecule has 2 aliphatic heterocycles. The molecule has 3 fully saturated rings. The molecule has 336 valence electrons. The van der Waals surface area contributed by atoms with Crippen LogP contribution in [0.25, 0.3) is 11.0 Å². The highest BCUT2D eigenvalue weighted by molar-refractivity contribution is 7.91. The zero-order valence-corrected chi connectivity index (χ0v) is 36.7. The Balaban J connectivity index is 1.39. The van der Waals surface area contributed by atoms with Gasteiger partial charge < -0.3 is 29.7 Å². The molecule has 0 bridgehead atoms. The van der Waals surface area contributed by atoms with E-state index in [0.29, 0.717) is 74.8 Å². The lowest BCUT2D eigenvalue weighted by molar-refractivity contribution is -0.244. The second-order valence-corrected chi connectivity index (χ2v) is 20.3. The predicted octanol–water partition coefficient (Wildman–Crippen LogP) is 5.82. The molecule has 7 atom stereocenters. The van der Waals surface area contributed by atoms with E-state index in [4.69, 9.17) is 24.2 Å². The molecule has 61 heavy (non-hydrogen) atoms. The third-order valence-corrected chi connectivity index (χ3v) is 14.8. The number of fused-ring (bicyclic) bond motifs is 3. The Labute approximate surface area is 354 Å². The second kappa shape index (κ2) is 16.9. The molecule has 19 heteroatoms. The molecule has 1 saturated heterocycles. The van der Waals surface area contributed by atoms with Gasteiger partial charge in [0.25, 0.3) is 5.91 Å². The number of sulfonamides is 1. The molecule has 4 amide bonds. The van der Waals surface area contributed by atoms with Crippen LogP contribution in [-0.4, -0.2) is 101 Å². The average molecular weight is 879 g/mol. The Hall–Kier alpha value is -4.68. The van der Waals surface area contributed by atoms with Gasteiger partial charge in [-0.2, -0.15) is 13.2 Å². The van der Waals surface area contributed by atoms with E-state index in [2.05, 4.69) is 15.4 Å². The monoisotopic (exact) mass is 878 g/mol. The van der Waals surface area contributed by atoms with Crippen LogP contribution >= 0.6 is 0 Å². The van der Waals surface area contributed by atoms with Crippen molar-refractivity contribution >= 4 is 44.9 Å². The Kier molecular flexibility index (Phi) is 12.7. The summed E-state index contributed by atoms with van der Waals surface area (Å²) in [6.45, 7) is 10.3. The fourth-order valence-corrected chi connectivity index (χ4v) is 9.35. The molecule has 15 nitrogen and oxygen atoms in total. The summed E-state index contributed by atoms with van der Waals surface area (Å²) >= 11 is 0. The van der Waals surface area contributed by atoms with Gasteiger partial charge in [0.15, 0.2) is 0 Å². The number of hydrogen-bond donors (Lipinski definition) is 3. The van der Waals surface area contributed by atoms with Crippen molar-refractivity contribution in [1.82, 2.24) is 30.2 Å². The summed E-state index contributed by atoms with van der Waals surface area (Å²) in [5.74, 6) is -3.15. The lowest BCUT2D eigenvalue weighted by Gasteiger charge is -2.35. The number of aromatic nitrogens is 2. The van der Waals surface area contributed by atoms with Gasteiger partial charge >= 0.3 is 12.3 Å². The standard InChI is InChI=1S/C42H57F3N6O9S/c1-9-25-18-24(4)12-10-11-13-26-21-41(26,37(54)50-61(56,57)40(7)16-17-40)49-34(52)31-20-28(22-51(31)36(53)33(25)48-38(55)60-39(5,6)42(43,44)45)59-35-32(23(2)3)46-29-15-14-27(58-8)19-30(29)47-35/h11,13-15,19,23-26,28,31,33H,9-10,12,16-18,20-22H2,1-8H3,(H,48,55)(H,49,52)(H,50,54)/b13-11-/t24-,25-,26-,28-,31+,33+,41-/m1/s1. The Bertz CT molecular complexity index is 2180. The number of amides is 4. The summed E-state index contributed by atoms with van der Waals surface area (Å²) in [7, 11) is -2.58. The molecule has 1 aromatic heterocycles. The summed E-state index contributed by atoms with van der Waals surface area (Å²) in [4.78, 5) is 67.7. The molecule has 0 unspecified atom stereocenters. The minimum atomic E-state index is -4.92. The fourth-order valence-electron chi connectivity index (χ4n) is 8.04. The van der Waals surface area contributed by atoms with Crippen molar-refractivity contribution in [3.8, 4) is 11.6 Å². The molecular formula is C42H57F3N6O9S. The second-order valence-electron chi connectivity index (χ2n) is 18.1.